The zero-order valence-corrected chi connectivity index (χ0v) is 40.8. The van der Waals surface area contributed by atoms with E-state index in [9.17, 15) is 14.4 Å². The van der Waals surface area contributed by atoms with Gasteiger partial charge in [0.25, 0.3) is 0 Å². The molecule has 0 aliphatic heterocycles. The molecule has 6 saturated carbocycles. The molecule has 0 saturated heterocycles. The number of hydrogen-bond donors (Lipinski definition) is 0. The van der Waals surface area contributed by atoms with E-state index in [0.717, 1.165) is 89.1 Å². The van der Waals surface area contributed by atoms with Crippen molar-refractivity contribution in [1.29, 1.82) is 0 Å². The Bertz CT molecular complexity index is 2250. The van der Waals surface area contributed by atoms with E-state index >= 15 is 0 Å². The molecule has 6 aliphatic rings. The molecular weight excluding hydrogens is 853 g/mol. The maximum Gasteiger partial charge on any atom is 0.308 e. The summed E-state index contributed by atoms with van der Waals surface area (Å²) in [7, 11) is 3.32. The highest BCUT2D eigenvalue weighted by molar-refractivity contribution is 8.14. The molecule has 348 valence electrons. The van der Waals surface area contributed by atoms with Gasteiger partial charge in [0.2, 0.25) is 0 Å². The highest BCUT2D eigenvalue weighted by atomic mass is 32.2. The van der Waals surface area contributed by atoms with Crippen LogP contribution in [0.25, 0.3) is 10.8 Å². The molecule has 10 heteroatoms. The van der Waals surface area contributed by atoms with Crippen LogP contribution >= 0.6 is 23.5 Å². The summed E-state index contributed by atoms with van der Waals surface area (Å²) in [6.45, 7) is 5.54. The van der Waals surface area contributed by atoms with Gasteiger partial charge in [-0.05, 0) is 181 Å². The summed E-state index contributed by atoms with van der Waals surface area (Å²) in [5, 5.41) is 3.03. The molecule has 4 aromatic carbocycles. The van der Waals surface area contributed by atoms with Gasteiger partial charge in [-0.1, -0.05) is 67.4 Å². The minimum atomic E-state index is -0.317. The van der Waals surface area contributed by atoms with Gasteiger partial charge in [-0.3, -0.25) is 14.4 Å². The minimum Gasteiger partial charge on any atom is -0.497 e. The first-order valence-electron chi connectivity index (χ1n) is 24.0. The molecule has 10 atom stereocenters. The van der Waals surface area contributed by atoms with Gasteiger partial charge >= 0.3 is 11.9 Å². The van der Waals surface area contributed by atoms with Crippen molar-refractivity contribution in [3.05, 3.63) is 96.1 Å². The maximum atomic E-state index is 11.5. The van der Waals surface area contributed by atoms with Gasteiger partial charge in [-0.2, -0.15) is 11.8 Å². The van der Waals surface area contributed by atoms with Crippen LogP contribution in [-0.2, 0) is 24.5 Å². The SMILES string of the molecule is COc1ccc(C2(c3ccc(OC(C)=O)cc3)CCCCC2)cc1.COc1ccc2ccc(OC(C)=O)cc2c1.CSCCCOC1CC2CC1C1C3CC(C4CC(SC(C)=O)CC43)C21. The fourth-order valence-corrected chi connectivity index (χ4v) is 15.1. The second kappa shape index (κ2) is 21.3. The number of benzene rings is 4. The Balaban J connectivity index is 0.000000136. The highest BCUT2D eigenvalue weighted by Crippen LogP contribution is 2.73. The van der Waals surface area contributed by atoms with Crippen LogP contribution in [0.2, 0.25) is 0 Å². The molecule has 65 heavy (non-hydrogen) atoms. The van der Waals surface area contributed by atoms with E-state index in [1.165, 1.54) is 88.5 Å². The normalized spacial score (nSPS) is 28.5. The molecule has 0 aromatic heterocycles. The van der Waals surface area contributed by atoms with Gasteiger partial charge in [0, 0.05) is 38.0 Å². The van der Waals surface area contributed by atoms with Crippen LogP contribution < -0.4 is 18.9 Å². The van der Waals surface area contributed by atoms with Crippen molar-refractivity contribution in [2.24, 2.45) is 47.3 Å². The van der Waals surface area contributed by atoms with Gasteiger partial charge in [0.15, 0.2) is 5.12 Å². The Morgan fingerprint density at radius 2 is 1.17 bits per heavy atom. The molecule has 0 heterocycles. The number of esters is 2. The number of hydrogen-bond acceptors (Lipinski definition) is 10. The Labute approximate surface area is 395 Å². The number of rotatable bonds is 12. The van der Waals surface area contributed by atoms with Crippen LogP contribution in [0.1, 0.15) is 103 Å². The third-order valence-electron chi connectivity index (χ3n) is 15.8. The van der Waals surface area contributed by atoms with E-state index in [0.29, 0.717) is 28.0 Å². The average molecular weight is 921 g/mol. The van der Waals surface area contributed by atoms with Gasteiger partial charge in [-0.15, -0.1) is 0 Å². The molecule has 10 unspecified atom stereocenters. The van der Waals surface area contributed by atoms with Crippen LogP contribution in [0.4, 0.5) is 0 Å². The lowest BCUT2D eigenvalue weighted by molar-refractivity contribution is -0.132. The van der Waals surface area contributed by atoms with Crippen molar-refractivity contribution in [2.75, 3.05) is 32.8 Å². The zero-order valence-electron chi connectivity index (χ0n) is 39.1. The minimum absolute atomic E-state index is 0.0409. The summed E-state index contributed by atoms with van der Waals surface area (Å²) in [5.41, 5.74) is 2.67. The topological polar surface area (TPSA) is 97.4 Å². The van der Waals surface area contributed by atoms with E-state index in [4.69, 9.17) is 23.7 Å². The van der Waals surface area contributed by atoms with Crippen molar-refractivity contribution < 1.29 is 38.1 Å². The molecular formula is C55H68O8S2. The third-order valence-corrected chi connectivity index (χ3v) is 17.5. The molecule has 8 nitrogen and oxygen atoms in total. The number of fused-ring (bicyclic) bond motifs is 13. The third kappa shape index (κ3) is 10.6. The van der Waals surface area contributed by atoms with Crippen molar-refractivity contribution in [2.45, 2.75) is 108 Å². The number of ether oxygens (including phenoxy) is 5. The predicted octanol–water partition coefficient (Wildman–Crippen LogP) is 12.4. The summed E-state index contributed by atoms with van der Waals surface area (Å²) in [6, 6.07) is 27.7. The van der Waals surface area contributed by atoms with Crippen LogP contribution in [-0.4, -0.2) is 61.2 Å². The van der Waals surface area contributed by atoms with Crippen molar-refractivity contribution in [3.8, 4) is 23.0 Å². The van der Waals surface area contributed by atoms with Crippen LogP contribution in [0.5, 0.6) is 23.0 Å². The summed E-state index contributed by atoms with van der Waals surface area (Å²) >= 11 is 3.58. The maximum absolute atomic E-state index is 11.5. The zero-order chi connectivity index (χ0) is 45.7. The van der Waals surface area contributed by atoms with E-state index in [1.54, 1.807) is 39.0 Å². The van der Waals surface area contributed by atoms with E-state index in [1.807, 2.05) is 66.4 Å². The van der Waals surface area contributed by atoms with Crippen molar-refractivity contribution in [3.63, 3.8) is 0 Å². The summed E-state index contributed by atoms with van der Waals surface area (Å²) in [4.78, 5) is 33.5. The van der Waals surface area contributed by atoms with Crippen molar-refractivity contribution >= 4 is 51.4 Å². The van der Waals surface area contributed by atoms with Gasteiger partial charge in [0.1, 0.15) is 23.0 Å². The molecule has 4 aromatic rings. The lowest BCUT2D eigenvalue weighted by Crippen LogP contribution is -2.41. The first-order chi connectivity index (χ1) is 31.5. The van der Waals surface area contributed by atoms with Crippen LogP contribution in [0.15, 0.2) is 84.9 Å². The van der Waals surface area contributed by atoms with E-state index in [2.05, 4.69) is 30.5 Å². The van der Waals surface area contributed by atoms with Gasteiger partial charge in [0.05, 0.1) is 20.3 Å². The quantitative estimate of drug-likeness (QED) is 0.0591. The fraction of sp³-hybridized carbons (Fsp3) is 0.545. The molecule has 4 bridgehead atoms. The van der Waals surface area contributed by atoms with E-state index in [-0.39, 0.29) is 17.4 Å². The van der Waals surface area contributed by atoms with Gasteiger partial charge < -0.3 is 23.7 Å². The standard InChI is InChI=1S/C21H24O3.C21H32O2S2.C13H12O3/c1-16(22)24-20-12-8-18(9-13-20)21(14-4-3-5-15-21)17-6-10-19(23-2)11-7-17;1-11(22)25-13-8-14-15(9-13)17-10-16(14)20-12-6-18(21(17)20)19(7-12)23-4-3-5-24-2;1-9(14)16-13-6-4-10-3-5-12(15-2)7-11(10)8-13/h6-13H,3-5,14-15H2,1-2H3;12-21H,3-10H2,1-2H3;3-8H,1-2H3. The summed E-state index contributed by atoms with van der Waals surface area (Å²) < 4.78 is 27.0. The lowest BCUT2D eigenvalue weighted by Gasteiger charge is -2.43. The second-order valence-electron chi connectivity index (χ2n) is 19.4. The number of carbonyl (C=O) groups excluding carboxylic acids is 3. The Morgan fingerprint density at radius 1 is 0.600 bits per heavy atom. The molecule has 0 radical (unpaired) electrons. The molecule has 6 aliphatic carbocycles. The largest absolute Gasteiger partial charge is 0.497 e. The molecule has 6 fully saturated rings. The Hall–Kier alpha value is -3.99. The van der Waals surface area contributed by atoms with E-state index < -0.39 is 0 Å². The van der Waals surface area contributed by atoms with Gasteiger partial charge in [-0.25, -0.2) is 0 Å². The summed E-state index contributed by atoms with van der Waals surface area (Å²) in [5.74, 6) is 11.2. The molecule has 10 rings (SSSR count). The Kier molecular flexibility index (Phi) is 15.6. The number of carbonyl (C=O) groups is 3. The van der Waals surface area contributed by atoms with Crippen LogP contribution in [0, 0.1) is 47.3 Å². The smallest absolute Gasteiger partial charge is 0.308 e. The number of methoxy groups -OCH3 is 2. The molecule has 0 spiro atoms. The van der Waals surface area contributed by atoms with Crippen molar-refractivity contribution in [1.82, 2.24) is 0 Å². The lowest BCUT2D eigenvalue weighted by atomic mass is 9.64. The average Bonchev–Trinajstić information content (AvgIpc) is 4.14. The molecule has 0 amide bonds. The van der Waals surface area contributed by atoms with Crippen LogP contribution in [0.3, 0.4) is 0 Å². The fourth-order valence-electron chi connectivity index (χ4n) is 13.6. The Morgan fingerprint density at radius 3 is 1.77 bits per heavy atom. The first kappa shape index (κ1) is 47.5. The highest BCUT2D eigenvalue weighted by Gasteiger charge is 2.68. The second-order valence-corrected chi connectivity index (χ2v) is 21.8. The summed E-state index contributed by atoms with van der Waals surface area (Å²) in [6.07, 6.45) is 17.1. The number of thioether (sulfide) groups is 2. The molecule has 0 N–H and O–H groups in total. The first-order valence-corrected chi connectivity index (χ1v) is 26.2. The predicted molar refractivity (Wildman–Crippen MR) is 262 cm³/mol. The monoisotopic (exact) mass is 920 g/mol.